The van der Waals surface area contributed by atoms with E-state index in [4.69, 9.17) is 9.84 Å². The third-order valence-electron chi connectivity index (χ3n) is 4.92. The van der Waals surface area contributed by atoms with E-state index in [0.717, 1.165) is 30.3 Å². The van der Waals surface area contributed by atoms with E-state index in [1.165, 1.54) is 42.4 Å². The number of aliphatic hydroxyl groups is 1. The van der Waals surface area contributed by atoms with Crippen molar-refractivity contribution >= 4 is 0 Å². The van der Waals surface area contributed by atoms with Crippen LogP contribution in [0.3, 0.4) is 0 Å². The Bertz CT molecular complexity index is 631. The van der Waals surface area contributed by atoms with Crippen LogP contribution in [-0.2, 0) is 13.0 Å². The summed E-state index contributed by atoms with van der Waals surface area (Å²) in [5.41, 5.74) is 5.14. The Kier molecular flexibility index (Phi) is 8.00. The van der Waals surface area contributed by atoms with Crippen molar-refractivity contribution in [2.24, 2.45) is 5.92 Å². The van der Waals surface area contributed by atoms with E-state index in [1.54, 1.807) is 0 Å². The summed E-state index contributed by atoms with van der Waals surface area (Å²) >= 11 is 0. The molecule has 2 heteroatoms. The molecule has 0 aromatic heterocycles. The number of hydrogen-bond acceptors (Lipinski definition) is 2. The minimum Gasteiger partial charge on any atom is -0.494 e. The molecule has 1 atom stereocenters. The maximum absolute atomic E-state index is 9.07. The van der Waals surface area contributed by atoms with Crippen molar-refractivity contribution < 1.29 is 9.84 Å². The van der Waals surface area contributed by atoms with E-state index in [2.05, 4.69) is 39.0 Å². The second-order valence-corrected chi connectivity index (χ2v) is 7.07. The van der Waals surface area contributed by atoms with Gasteiger partial charge in [-0.3, -0.25) is 0 Å². The standard InChI is InChI=1S/C23H32O2/c1-4-6-20(16-22-9-8-18(2)19(3)15-22)7-5-14-25-23-12-10-21(17-24)11-13-23/h8-13,15,20,24H,4-7,14,16-17H2,1-3H3. The van der Waals surface area contributed by atoms with Crippen molar-refractivity contribution in [1.82, 2.24) is 0 Å². The predicted octanol–water partition coefficient (Wildman–Crippen LogP) is 5.61. The van der Waals surface area contributed by atoms with Gasteiger partial charge in [-0.25, -0.2) is 0 Å². The molecule has 136 valence electrons. The largest absolute Gasteiger partial charge is 0.494 e. The predicted molar refractivity (Wildman–Crippen MR) is 105 cm³/mol. The Balaban J connectivity index is 1.79. The van der Waals surface area contributed by atoms with Gasteiger partial charge in [0.1, 0.15) is 5.75 Å². The molecule has 0 amide bonds. The number of rotatable bonds is 10. The van der Waals surface area contributed by atoms with Gasteiger partial charge in [0.05, 0.1) is 13.2 Å². The summed E-state index contributed by atoms with van der Waals surface area (Å²) in [6.07, 6.45) is 5.96. The van der Waals surface area contributed by atoms with Crippen LogP contribution in [0, 0.1) is 19.8 Å². The van der Waals surface area contributed by atoms with Crippen molar-refractivity contribution in [1.29, 1.82) is 0 Å². The van der Waals surface area contributed by atoms with Gasteiger partial charge in [0.15, 0.2) is 0 Å². The number of aliphatic hydroxyl groups excluding tert-OH is 1. The molecule has 1 N–H and O–H groups in total. The van der Waals surface area contributed by atoms with Crippen LogP contribution in [0.1, 0.15) is 54.9 Å². The van der Waals surface area contributed by atoms with E-state index in [-0.39, 0.29) is 6.61 Å². The van der Waals surface area contributed by atoms with Gasteiger partial charge in [-0.1, -0.05) is 50.1 Å². The number of benzene rings is 2. The van der Waals surface area contributed by atoms with E-state index in [1.807, 2.05) is 24.3 Å². The Morgan fingerprint density at radius 2 is 1.64 bits per heavy atom. The number of ether oxygens (including phenoxy) is 1. The lowest BCUT2D eigenvalue weighted by atomic mass is 9.90. The van der Waals surface area contributed by atoms with Gasteiger partial charge in [-0.2, -0.15) is 0 Å². The monoisotopic (exact) mass is 340 g/mol. The van der Waals surface area contributed by atoms with E-state index in [9.17, 15) is 0 Å². The zero-order chi connectivity index (χ0) is 18.1. The second kappa shape index (κ2) is 10.2. The van der Waals surface area contributed by atoms with Gasteiger partial charge < -0.3 is 9.84 Å². The Labute approximate surface area is 152 Å². The van der Waals surface area contributed by atoms with Crippen LogP contribution in [0.25, 0.3) is 0 Å². The van der Waals surface area contributed by atoms with Crippen LogP contribution in [0.4, 0.5) is 0 Å². The fraction of sp³-hybridized carbons (Fsp3) is 0.478. The maximum Gasteiger partial charge on any atom is 0.119 e. The van der Waals surface area contributed by atoms with Crippen molar-refractivity contribution in [2.45, 2.75) is 59.5 Å². The lowest BCUT2D eigenvalue weighted by Gasteiger charge is -2.17. The molecular formula is C23H32O2. The molecule has 0 bridgehead atoms. The average molecular weight is 341 g/mol. The fourth-order valence-corrected chi connectivity index (χ4v) is 3.27. The zero-order valence-electron chi connectivity index (χ0n) is 15.9. The molecule has 1 unspecified atom stereocenters. The van der Waals surface area contributed by atoms with Gasteiger partial charge in [0.25, 0.3) is 0 Å². The normalized spacial score (nSPS) is 12.2. The van der Waals surface area contributed by atoms with Crippen LogP contribution in [0.2, 0.25) is 0 Å². The van der Waals surface area contributed by atoms with Crippen molar-refractivity contribution in [3.63, 3.8) is 0 Å². The summed E-state index contributed by atoms with van der Waals surface area (Å²) in [7, 11) is 0. The molecule has 0 heterocycles. The Morgan fingerprint density at radius 1 is 0.920 bits per heavy atom. The number of aryl methyl sites for hydroxylation is 2. The molecule has 2 aromatic carbocycles. The van der Waals surface area contributed by atoms with Crippen molar-refractivity contribution in [3.8, 4) is 5.75 Å². The summed E-state index contributed by atoms with van der Waals surface area (Å²) < 4.78 is 5.84. The molecule has 0 saturated carbocycles. The highest BCUT2D eigenvalue weighted by molar-refractivity contribution is 5.30. The third kappa shape index (κ3) is 6.55. The Morgan fingerprint density at radius 3 is 2.28 bits per heavy atom. The molecule has 0 saturated heterocycles. The lowest BCUT2D eigenvalue weighted by Crippen LogP contribution is -2.08. The molecule has 2 aromatic rings. The van der Waals surface area contributed by atoms with Crippen LogP contribution in [0.15, 0.2) is 42.5 Å². The summed E-state index contributed by atoms with van der Waals surface area (Å²) in [6, 6.07) is 14.6. The quantitative estimate of drug-likeness (QED) is 0.569. The van der Waals surface area contributed by atoms with E-state index >= 15 is 0 Å². The smallest absolute Gasteiger partial charge is 0.119 e. The molecule has 0 fully saturated rings. The molecule has 25 heavy (non-hydrogen) atoms. The maximum atomic E-state index is 9.07. The molecule has 0 aliphatic carbocycles. The molecule has 0 aliphatic heterocycles. The summed E-state index contributed by atoms with van der Waals surface area (Å²) in [5, 5.41) is 9.07. The second-order valence-electron chi connectivity index (χ2n) is 7.07. The number of hydrogen-bond donors (Lipinski definition) is 1. The van der Waals surface area contributed by atoms with Crippen molar-refractivity contribution in [3.05, 3.63) is 64.7 Å². The Hall–Kier alpha value is -1.80. The first-order chi connectivity index (χ1) is 12.1. The van der Waals surface area contributed by atoms with Gasteiger partial charge >= 0.3 is 0 Å². The SMILES string of the molecule is CCCC(CCCOc1ccc(CO)cc1)Cc1ccc(C)c(C)c1. The summed E-state index contributed by atoms with van der Waals surface area (Å²) in [6.45, 7) is 7.48. The van der Waals surface area contributed by atoms with Crippen LogP contribution >= 0.6 is 0 Å². The summed E-state index contributed by atoms with van der Waals surface area (Å²) in [5.74, 6) is 1.62. The van der Waals surface area contributed by atoms with Gasteiger partial charge in [-0.15, -0.1) is 0 Å². The fourth-order valence-electron chi connectivity index (χ4n) is 3.27. The third-order valence-corrected chi connectivity index (χ3v) is 4.92. The average Bonchev–Trinajstić information content (AvgIpc) is 2.62. The molecule has 0 radical (unpaired) electrons. The highest BCUT2D eigenvalue weighted by atomic mass is 16.5. The molecule has 2 rings (SSSR count). The first kappa shape index (κ1) is 19.5. The molecule has 2 nitrogen and oxygen atoms in total. The zero-order valence-corrected chi connectivity index (χ0v) is 15.9. The summed E-state index contributed by atoms with van der Waals surface area (Å²) in [4.78, 5) is 0. The molecule has 0 spiro atoms. The lowest BCUT2D eigenvalue weighted by molar-refractivity contribution is 0.279. The minimum atomic E-state index is 0.0808. The van der Waals surface area contributed by atoms with Crippen LogP contribution < -0.4 is 4.74 Å². The van der Waals surface area contributed by atoms with Gasteiger partial charge in [-0.05, 0) is 73.4 Å². The topological polar surface area (TPSA) is 29.5 Å². The molecular weight excluding hydrogens is 308 g/mol. The van der Waals surface area contributed by atoms with E-state index < -0.39 is 0 Å². The first-order valence-corrected chi connectivity index (χ1v) is 9.51. The van der Waals surface area contributed by atoms with E-state index in [0.29, 0.717) is 0 Å². The van der Waals surface area contributed by atoms with Crippen LogP contribution in [-0.4, -0.2) is 11.7 Å². The molecule has 0 aliphatic rings. The van der Waals surface area contributed by atoms with Gasteiger partial charge in [0, 0.05) is 0 Å². The highest BCUT2D eigenvalue weighted by Crippen LogP contribution is 2.21. The highest BCUT2D eigenvalue weighted by Gasteiger charge is 2.10. The minimum absolute atomic E-state index is 0.0808. The van der Waals surface area contributed by atoms with Crippen LogP contribution in [0.5, 0.6) is 5.75 Å². The van der Waals surface area contributed by atoms with Crippen molar-refractivity contribution in [2.75, 3.05) is 6.61 Å². The first-order valence-electron chi connectivity index (χ1n) is 9.51. The van der Waals surface area contributed by atoms with Gasteiger partial charge in [0.2, 0.25) is 0 Å².